The summed E-state index contributed by atoms with van der Waals surface area (Å²) in [5.74, 6) is 0.533. The molecule has 1 fully saturated rings. The Hall–Kier alpha value is -2.69. The van der Waals surface area contributed by atoms with Gasteiger partial charge in [-0.25, -0.2) is 12.8 Å². The topological polar surface area (TPSA) is 99.2 Å². The summed E-state index contributed by atoms with van der Waals surface area (Å²) < 4.78 is 48.3. The summed E-state index contributed by atoms with van der Waals surface area (Å²) in [6.07, 6.45) is 6.17. The van der Waals surface area contributed by atoms with Crippen molar-refractivity contribution < 1.29 is 27.4 Å². The molecule has 0 radical (unpaired) electrons. The van der Waals surface area contributed by atoms with E-state index in [1.807, 2.05) is 6.92 Å². The number of fused-ring (bicyclic) bond motifs is 1. The van der Waals surface area contributed by atoms with Crippen LogP contribution in [0.25, 0.3) is 0 Å². The number of sulfonamides is 1. The summed E-state index contributed by atoms with van der Waals surface area (Å²) in [5.41, 5.74) is 0.841. The molecule has 2 aliphatic rings. The van der Waals surface area contributed by atoms with Crippen molar-refractivity contribution in [3.63, 3.8) is 0 Å². The summed E-state index contributed by atoms with van der Waals surface area (Å²) in [5, 5.41) is 9.88. The molecule has 4 rings (SSSR count). The number of nitrogens with zero attached hydrogens (tertiary/aromatic N) is 2. The number of benzene rings is 2. The predicted octanol–water partition coefficient (Wildman–Crippen LogP) is 4.29. The second kappa shape index (κ2) is 13.3. The van der Waals surface area contributed by atoms with Crippen molar-refractivity contribution in [1.82, 2.24) is 9.80 Å². The summed E-state index contributed by atoms with van der Waals surface area (Å²) in [6, 6.07) is 9.16. The van der Waals surface area contributed by atoms with Gasteiger partial charge < -0.3 is 19.6 Å². The number of carbonyl (C=O) groups is 1. The van der Waals surface area contributed by atoms with Gasteiger partial charge in [0.2, 0.25) is 5.91 Å². The maximum Gasteiger partial charge on any atom is 0.261 e. The van der Waals surface area contributed by atoms with Crippen LogP contribution < -0.4 is 9.46 Å². The highest BCUT2D eigenvalue weighted by atomic mass is 32.2. The first-order chi connectivity index (χ1) is 19.1. The normalized spacial score (nSPS) is 21.6. The van der Waals surface area contributed by atoms with Crippen LogP contribution in [0.5, 0.6) is 5.75 Å². The molecule has 1 saturated carbocycles. The Labute approximate surface area is 237 Å². The highest BCUT2D eigenvalue weighted by Crippen LogP contribution is 2.31. The summed E-state index contributed by atoms with van der Waals surface area (Å²) in [6.45, 7) is 5.86. The highest BCUT2D eigenvalue weighted by Gasteiger charge is 2.31. The Morgan fingerprint density at radius 1 is 1.12 bits per heavy atom. The van der Waals surface area contributed by atoms with E-state index in [-0.39, 0.29) is 47.6 Å². The molecule has 10 heteroatoms. The van der Waals surface area contributed by atoms with Gasteiger partial charge in [-0.3, -0.25) is 9.52 Å². The first-order valence-electron chi connectivity index (χ1n) is 14.2. The first kappa shape index (κ1) is 30.3. The molecule has 2 N–H and O–H groups in total. The number of hydrogen-bond acceptors (Lipinski definition) is 6. The van der Waals surface area contributed by atoms with E-state index in [0.717, 1.165) is 18.7 Å². The van der Waals surface area contributed by atoms with Crippen molar-refractivity contribution in [2.45, 2.75) is 69.4 Å². The van der Waals surface area contributed by atoms with Crippen LogP contribution in [0, 0.1) is 17.7 Å². The monoisotopic (exact) mass is 575 g/mol. The first-order valence-corrected chi connectivity index (χ1v) is 15.7. The van der Waals surface area contributed by atoms with Crippen LogP contribution in [-0.2, 0) is 21.2 Å². The van der Waals surface area contributed by atoms with E-state index < -0.39 is 15.8 Å². The number of aliphatic hydroxyl groups excluding tert-OH is 1. The van der Waals surface area contributed by atoms with E-state index in [1.165, 1.54) is 44.2 Å². The number of anilines is 1. The van der Waals surface area contributed by atoms with Gasteiger partial charge in [0.1, 0.15) is 17.7 Å². The Kier molecular flexibility index (Phi) is 10.1. The van der Waals surface area contributed by atoms with Crippen LogP contribution in [0.15, 0.2) is 47.4 Å². The van der Waals surface area contributed by atoms with Gasteiger partial charge in [-0.2, -0.15) is 0 Å². The molecule has 0 unspecified atom stereocenters. The van der Waals surface area contributed by atoms with Gasteiger partial charge in [0.25, 0.3) is 10.0 Å². The van der Waals surface area contributed by atoms with Gasteiger partial charge in [-0.15, -0.1) is 0 Å². The van der Waals surface area contributed by atoms with Crippen molar-refractivity contribution in [3.05, 3.63) is 53.8 Å². The maximum absolute atomic E-state index is 13.4. The second-order valence-corrected chi connectivity index (χ2v) is 13.2. The molecule has 40 heavy (non-hydrogen) atoms. The molecule has 3 atom stereocenters. The minimum atomic E-state index is -3.96. The van der Waals surface area contributed by atoms with Gasteiger partial charge in [0, 0.05) is 36.8 Å². The molecular weight excluding hydrogens is 533 g/mol. The third-order valence-corrected chi connectivity index (χ3v) is 9.48. The number of carbonyl (C=O) groups excluding carboxylic acids is 1. The number of nitrogens with one attached hydrogen (secondary N) is 1. The van der Waals surface area contributed by atoms with Gasteiger partial charge in [0.05, 0.1) is 24.0 Å². The van der Waals surface area contributed by atoms with Gasteiger partial charge in [-0.1, -0.05) is 26.2 Å². The van der Waals surface area contributed by atoms with Crippen molar-refractivity contribution in [3.8, 4) is 5.75 Å². The number of likely N-dealkylation sites (N-methyl/N-ethyl adjacent to an activating group) is 1. The molecule has 0 saturated heterocycles. The number of hydrogen-bond donors (Lipinski definition) is 2. The minimum Gasteiger partial charge on any atom is -0.488 e. The Morgan fingerprint density at radius 3 is 2.50 bits per heavy atom. The van der Waals surface area contributed by atoms with Crippen LogP contribution in [0.4, 0.5) is 10.1 Å². The Morgan fingerprint density at radius 2 is 1.82 bits per heavy atom. The quantitative estimate of drug-likeness (QED) is 0.463. The molecule has 8 nitrogen and oxygen atoms in total. The molecule has 1 heterocycles. The fraction of sp³-hybridized carbons (Fsp3) is 0.567. The van der Waals surface area contributed by atoms with Crippen molar-refractivity contribution >= 4 is 21.6 Å². The molecule has 0 bridgehead atoms. The van der Waals surface area contributed by atoms with Crippen LogP contribution in [0.3, 0.4) is 0 Å². The number of halogens is 1. The van der Waals surface area contributed by atoms with Crippen LogP contribution in [-0.4, -0.2) is 74.7 Å². The summed E-state index contributed by atoms with van der Waals surface area (Å²) in [7, 11) is -1.85. The SMILES string of the molecule is C[C@@H]1CN([C@H](C)CO)C(=O)Cc2cc(NS(=O)(=O)c3ccc(F)cc3)ccc2O[C@@H]1CN(C)CC1CCCCC1. The van der Waals surface area contributed by atoms with E-state index in [0.29, 0.717) is 30.3 Å². The molecule has 2 aromatic rings. The number of ether oxygens (including phenoxy) is 1. The Balaban J connectivity index is 1.60. The molecule has 1 aliphatic heterocycles. The summed E-state index contributed by atoms with van der Waals surface area (Å²) >= 11 is 0. The molecule has 1 amide bonds. The maximum atomic E-state index is 13.4. The van der Waals surface area contributed by atoms with Gasteiger partial charge in [0.15, 0.2) is 0 Å². The highest BCUT2D eigenvalue weighted by molar-refractivity contribution is 7.92. The van der Waals surface area contributed by atoms with Crippen molar-refractivity contribution in [2.24, 2.45) is 11.8 Å². The molecule has 1 aliphatic carbocycles. The van der Waals surface area contributed by atoms with Crippen LogP contribution in [0.2, 0.25) is 0 Å². The zero-order valence-electron chi connectivity index (χ0n) is 23.7. The fourth-order valence-electron chi connectivity index (χ4n) is 5.73. The number of aliphatic hydroxyl groups is 1. The molecule has 0 spiro atoms. The van der Waals surface area contributed by atoms with E-state index in [4.69, 9.17) is 4.74 Å². The zero-order valence-corrected chi connectivity index (χ0v) is 24.5. The Bertz CT molecular complexity index is 1250. The molecule has 220 valence electrons. The second-order valence-electron chi connectivity index (χ2n) is 11.5. The van der Waals surface area contributed by atoms with E-state index in [1.54, 1.807) is 23.1 Å². The number of rotatable bonds is 9. The van der Waals surface area contributed by atoms with Crippen LogP contribution in [0.1, 0.15) is 51.5 Å². The van der Waals surface area contributed by atoms with E-state index in [9.17, 15) is 22.7 Å². The molecule has 0 aromatic heterocycles. The predicted molar refractivity (Wildman–Crippen MR) is 153 cm³/mol. The van der Waals surface area contributed by atoms with Crippen LogP contribution >= 0.6 is 0 Å². The largest absolute Gasteiger partial charge is 0.488 e. The fourth-order valence-corrected chi connectivity index (χ4v) is 6.78. The lowest BCUT2D eigenvalue weighted by atomic mass is 9.89. The van der Waals surface area contributed by atoms with Crippen molar-refractivity contribution in [1.29, 1.82) is 0 Å². The lowest BCUT2D eigenvalue weighted by Crippen LogP contribution is -2.48. The zero-order chi connectivity index (χ0) is 28.9. The summed E-state index contributed by atoms with van der Waals surface area (Å²) in [4.78, 5) is 17.4. The van der Waals surface area contributed by atoms with Crippen molar-refractivity contribution in [2.75, 3.05) is 38.0 Å². The smallest absolute Gasteiger partial charge is 0.261 e. The third-order valence-electron chi connectivity index (χ3n) is 8.08. The third kappa shape index (κ3) is 7.73. The molecular formula is C30H42FN3O5S. The average molecular weight is 576 g/mol. The molecule has 2 aromatic carbocycles. The van der Waals surface area contributed by atoms with Gasteiger partial charge >= 0.3 is 0 Å². The minimum absolute atomic E-state index is 0.00312. The van der Waals surface area contributed by atoms with E-state index in [2.05, 4.69) is 23.6 Å². The van der Waals surface area contributed by atoms with Gasteiger partial charge in [-0.05, 0) is 75.2 Å². The number of amides is 1. The average Bonchev–Trinajstić information content (AvgIpc) is 2.96. The lowest BCUT2D eigenvalue weighted by molar-refractivity contribution is -0.134. The lowest BCUT2D eigenvalue weighted by Gasteiger charge is -2.35. The van der Waals surface area contributed by atoms with E-state index >= 15 is 0 Å². The standard InChI is InChI=1S/C30H42FN3O5S/c1-21-17-34(22(2)20-35)30(36)16-24-15-26(32-40(37,38)27-12-9-25(31)10-13-27)11-14-28(24)39-29(21)19-33(3)18-23-7-5-4-6-8-23/h9-15,21-23,29,32,35H,4-8,16-20H2,1-3H3/t21-,22-,29-/m1/s1.